The number of hydrogen-bond donors (Lipinski definition) is 2. The Bertz CT molecular complexity index is 444. The third-order valence-corrected chi connectivity index (χ3v) is 4.86. The van der Waals surface area contributed by atoms with Crippen LogP contribution in [0, 0.1) is 5.92 Å². The SMILES string of the molecule is COc1ccccc1[C@H]1NCC[C@]2(O)CCCC[C@@H]12. The lowest BCUT2D eigenvalue weighted by Crippen LogP contribution is -2.53. The molecular weight excluding hydrogens is 238 g/mol. The van der Waals surface area contributed by atoms with E-state index in [0.29, 0.717) is 5.92 Å². The van der Waals surface area contributed by atoms with Gasteiger partial charge >= 0.3 is 0 Å². The number of nitrogens with one attached hydrogen (secondary N) is 1. The van der Waals surface area contributed by atoms with Crippen LogP contribution >= 0.6 is 0 Å². The molecule has 0 radical (unpaired) electrons. The number of aliphatic hydroxyl groups is 1. The Morgan fingerprint density at radius 3 is 2.95 bits per heavy atom. The highest BCUT2D eigenvalue weighted by Gasteiger charge is 2.46. The van der Waals surface area contributed by atoms with Crippen LogP contribution in [0.5, 0.6) is 5.75 Å². The molecule has 1 aliphatic carbocycles. The third-order valence-electron chi connectivity index (χ3n) is 4.86. The van der Waals surface area contributed by atoms with E-state index in [-0.39, 0.29) is 6.04 Å². The molecule has 1 aromatic rings. The second-order valence-electron chi connectivity index (χ2n) is 5.88. The first kappa shape index (κ1) is 12.9. The molecule has 0 unspecified atom stereocenters. The van der Waals surface area contributed by atoms with Gasteiger partial charge in [0, 0.05) is 17.5 Å². The minimum absolute atomic E-state index is 0.218. The largest absolute Gasteiger partial charge is 0.496 e. The van der Waals surface area contributed by atoms with Gasteiger partial charge in [-0.3, -0.25) is 0 Å². The molecule has 104 valence electrons. The molecule has 3 heteroatoms. The molecule has 0 spiro atoms. The first-order chi connectivity index (χ1) is 9.24. The van der Waals surface area contributed by atoms with E-state index in [9.17, 15) is 5.11 Å². The fourth-order valence-corrected chi connectivity index (χ4v) is 3.87. The average Bonchev–Trinajstić information content (AvgIpc) is 2.46. The molecule has 0 amide bonds. The van der Waals surface area contributed by atoms with Gasteiger partial charge in [-0.1, -0.05) is 31.0 Å². The first-order valence-corrected chi connectivity index (χ1v) is 7.33. The van der Waals surface area contributed by atoms with Crippen molar-refractivity contribution in [3.05, 3.63) is 29.8 Å². The van der Waals surface area contributed by atoms with E-state index in [0.717, 1.165) is 38.0 Å². The Balaban J connectivity index is 1.94. The van der Waals surface area contributed by atoms with Gasteiger partial charge in [0.2, 0.25) is 0 Å². The van der Waals surface area contributed by atoms with Crippen LogP contribution in [0.25, 0.3) is 0 Å². The fourth-order valence-electron chi connectivity index (χ4n) is 3.87. The van der Waals surface area contributed by atoms with Crippen LogP contribution in [0.1, 0.15) is 43.7 Å². The molecule has 1 saturated carbocycles. The standard InChI is InChI=1S/C16H23NO2/c1-19-14-8-3-2-6-12(14)15-13-7-4-5-9-16(13,18)10-11-17-15/h2-3,6,8,13,15,17-18H,4-5,7,9-11H2,1H3/t13-,15+,16+/m0/s1. The Hall–Kier alpha value is -1.06. The Labute approximate surface area is 115 Å². The minimum Gasteiger partial charge on any atom is -0.496 e. The van der Waals surface area contributed by atoms with Gasteiger partial charge in [0.25, 0.3) is 0 Å². The number of hydrogen-bond acceptors (Lipinski definition) is 3. The summed E-state index contributed by atoms with van der Waals surface area (Å²) in [7, 11) is 1.72. The van der Waals surface area contributed by atoms with Crippen molar-refractivity contribution in [1.29, 1.82) is 0 Å². The molecule has 3 rings (SSSR count). The predicted molar refractivity (Wildman–Crippen MR) is 75.3 cm³/mol. The van der Waals surface area contributed by atoms with E-state index in [4.69, 9.17) is 4.74 Å². The molecule has 1 heterocycles. The Morgan fingerprint density at radius 2 is 2.11 bits per heavy atom. The fraction of sp³-hybridized carbons (Fsp3) is 0.625. The van der Waals surface area contributed by atoms with Gasteiger partial charge < -0.3 is 15.2 Å². The molecule has 0 bridgehead atoms. The van der Waals surface area contributed by atoms with Gasteiger partial charge in [0.1, 0.15) is 5.75 Å². The number of piperidine rings is 1. The van der Waals surface area contributed by atoms with Crippen LogP contribution in [-0.2, 0) is 0 Å². The number of para-hydroxylation sites is 1. The maximum Gasteiger partial charge on any atom is 0.123 e. The van der Waals surface area contributed by atoms with Crippen LogP contribution in [0.3, 0.4) is 0 Å². The van der Waals surface area contributed by atoms with Crippen molar-refractivity contribution in [3.8, 4) is 5.75 Å². The van der Waals surface area contributed by atoms with Gasteiger partial charge in [-0.25, -0.2) is 0 Å². The van der Waals surface area contributed by atoms with Gasteiger partial charge in [-0.15, -0.1) is 0 Å². The maximum absolute atomic E-state index is 10.9. The molecule has 2 aliphatic rings. The zero-order valence-electron chi connectivity index (χ0n) is 11.6. The summed E-state index contributed by atoms with van der Waals surface area (Å²) in [5, 5.41) is 14.5. The van der Waals surface area contributed by atoms with Crippen molar-refractivity contribution < 1.29 is 9.84 Å². The van der Waals surface area contributed by atoms with Crippen molar-refractivity contribution in [1.82, 2.24) is 5.32 Å². The molecule has 2 fully saturated rings. The van der Waals surface area contributed by atoms with Crippen LogP contribution < -0.4 is 10.1 Å². The summed E-state index contributed by atoms with van der Waals surface area (Å²) in [6.07, 6.45) is 5.31. The minimum atomic E-state index is -0.477. The monoisotopic (exact) mass is 261 g/mol. The molecule has 3 nitrogen and oxygen atoms in total. The van der Waals surface area contributed by atoms with Crippen molar-refractivity contribution in [2.24, 2.45) is 5.92 Å². The third kappa shape index (κ3) is 2.26. The van der Waals surface area contributed by atoms with E-state index in [1.54, 1.807) is 7.11 Å². The number of methoxy groups -OCH3 is 1. The van der Waals surface area contributed by atoms with Gasteiger partial charge in [-0.05, 0) is 31.9 Å². The van der Waals surface area contributed by atoms with Crippen LogP contribution in [0.2, 0.25) is 0 Å². The highest BCUT2D eigenvalue weighted by Crippen LogP contribution is 2.47. The number of benzene rings is 1. The highest BCUT2D eigenvalue weighted by atomic mass is 16.5. The molecule has 3 atom stereocenters. The topological polar surface area (TPSA) is 41.5 Å². The van der Waals surface area contributed by atoms with Gasteiger partial charge in [-0.2, -0.15) is 0 Å². The summed E-state index contributed by atoms with van der Waals surface area (Å²) in [5.41, 5.74) is 0.713. The summed E-state index contributed by atoms with van der Waals surface area (Å²) in [5.74, 6) is 1.24. The van der Waals surface area contributed by atoms with Gasteiger partial charge in [0.15, 0.2) is 0 Å². The lowest BCUT2D eigenvalue weighted by atomic mass is 9.66. The molecule has 2 N–H and O–H groups in total. The summed E-state index contributed by atoms with van der Waals surface area (Å²) < 4.78 is 5.49. The summed E-state index contributed by atoms with van der Waals surface area (Å²) in [4.78, 5) is 0. The van der Waals surface area contributed by atoms with Crippen molar-refractivity contribution in [3.63, 3.8) is 0 Å². The van der Waals surface area contributed by atoms with E-state index in [2.05, 4.69) is 17.4 Å². The second-order valence-corrected chi connectivity index (χ2v) is 5.88. The quantitative estimate of drug-likeness (QED) is 0.860. The van der Waals surface area contributed by atoms with E-state index in [1.807, 2.05) is 12.1 Å². The first-order valence-electron chi connectivity index (χ1n) is 7.33. The molecule has 1 aromatic carbocycles. The summed E-state index contributed by atoms with van der Waals surface area (Å²) in [6.45, 7) is 0.885. The highest BCUT2D eigenvalue weighted by molar-refractivity contribution is 5.37. The van der Waals surface area contributed by atoms with Crippen molar-refractivity contribution in [2.45, 2.75) is 43.7 Å². The lowest BCUT2D eigenvalue weighted by Gasteiger charge is -2.48. The average molecular weight is 261 g/mol. The molecule has 19 heavy (non-hydrogen) atoms. The zero-order chi connectivity index (χ0) is 13.3. The predicted octanol–water partition coefficient (Wildman–Crippen LogP) is 2.65. The Kier molecular flexibility index (Phi) is 3.50. The Morgan fingerprint density at radius 1 is 1.26 bits per heavy atom. The van der Waals surface area contributed by atoms with E-state index in [1.165, 1.54) is 12.0 Å². The van der Waals surface area contributed by atoms with E-state index < -0.39 is 5.60 Å². The smallest absolute Gasteiger partial charge is 0.123 e. The molecule has 1 saturated heterocycles. The molecule has 0 aromatic heterocycles. The molecule has 1 aliphatic heterocycles. The van der Waals surface area contributed by atoms with E-state index >= 15 is 0 Å². The van der Waals surface area contributed by atoms with Crippen LogP contribution in [0.15, 0.2) is 24.3 Å². The van der Waals surface area contributed by atoms with Crippen LogP contribution in [-0.4, -0.2) is 24.4 Å². The maximum atomic E-state index is 10.9. The van der Waals surface area contributed by atoms with Gasteiger partial charge in [0.05, 0.1) is 12.7 Å². The number of rotatable bonds is 2. The summed E-state index contributed by atoms with van der Waals surface area (Å²) >= 11 is 0. The zero-order valence-corrected chi connectivity index (χ0v) is 11.6. The number of fused-ring (bicyclic) bond motifs is 1. The number of ether oxygens (including phenoxy) is 1. The summed E-state index contributed by atoms with van der Waals surface area (Å²) in [6, 6.07) is 8.40. The molecular formula is C16H23NO2. The lowest BCUT2D eigenvalue weighted by molar-refractivity contribution is -0.0863. The van der Waals surface area contributed by atoms with Crippen molar-refractivity contribution in [2.75, 3.05) is 13.7 Å². The second kappa shape index (κ2) is 5.14. The normalized spacial score (nSPS) is 34.6. The van der Waals surface area contributed by atoms with Crippen molar-refractivity contribution >= 4 is 0 Å². The van der Waals surface area contributed by atoms with Crippen LogP contribution in [0.4, 0.5) is 0 Å².